The van der Waals surface area contributed by atoms with E-state index in [0.29, 0.717) is 36.9 Å². The van der Waals surface area contributed by atoms with Gasteiger partial charge >= 0.3 is 0 Å². The summed E-state index contributed by atoms with van der Waals surface area (Å²) < 4.78 is 8.01. The van der Waals surface area contributed by atoms with Crippen LogP contribution in [0.3, 0.4) is 0 Å². The maximum absolute atomic E-state index is 13.0. The van der Waals surface area contributed by atoms with Crippen LogP contribution in [-0.4, -0.2) is 38.7 Å². The van der Waals surface area contributed by atoms with Crippen molar-refractivity contribution >= 4 is 5.91 Å². The van der Waals surface area contributed by atoms with E-state index in [0.717, 1.165) is 24.6 Å². The predicted octanol–water partition coefficient (Wildman–Crippen LogP) is 2.29. The second-order valence-corrected chi connectivity index (χ2v) is 6.51. The van der Waals surface area contributed by atoms with Crippen LogP contribution in [0.15, 0.2) is 24.3 Å². The topological polar surface area (TPSA) is 60.2 Å². The third-order valence-electron chi connectivity index (χ3n) is 4.72. The zero-order valence-corrected chi connectivity index (χ0v) is 13.9. The zero-order chi connectivity index (χ0) is 16.5. The number of rotatable bonds is 5. The zero-order valence-electron chi connectivity index (χ0n) is 13.9. The van der Waals surface area contributed by atoms with Gasteiger partial charge in [0.1, 0.15) is 11.6 Å². The van der Waals surface area contributed by atoms with E-state index in [2.05, 4.69) is 21.7 Å². The van der Waals surface area contributed by atoms with Gasteiger partial charge in [0, 0.05) is 19.5 Å². The van der Waals surface area contributed by atoms with Gasteiger partial charge in [-0.2, -0.15) is 0 Å². The van der Waals surface area contributed by atoms with Gasteiger partial charge in [-0.25, -0.2) is 0 Å². The molecule has 1 aromatic carbocycles. The molecule has 1 aliphatic carbocycles. The summed E-state index contributed by atoms with van der Waals surface area (Å²) in [5, 5.41) is 8.44. The summed E-state index contributed by atoms with van der Waals surface area (Å²) in [6.45, 7) is 4.71. The van der Waals surface area contributed by atoms with Gasteiger partial charge in [0.15, 0.2) is 5.82 Å². The van der Waals surface area contributed by atoms with Crippen LogP contribution in [0.25, 0.3) is 0 Å². The minimum atomic E-state index is 0.00805. The maximum Gasteiger partial charge on any atom is 0.258 e. The SMILES string of the molecule is CCc1nnc2n1CCN(C(=O)c1ccccc1OCC1CC1)C2. The highest BCUT2D eigenvalue weighted by Gasteiger charge is 2.27. The van der Waals surface area contributed by atoms with E-state index in [1.54, 1.807) is 0 Å². The van der Waals surface area contributed by atoms with Crippen molar-refractivity contribution in [3.63, 3.8) is 0 Å². The third-order valence-corrected chi connectivity index (χ3v) is 4.72. The molecule has 6 heteroatoms. The Morgan fingerprint density at radius 1 is 1.25 bits per heavy atom. The van der Waals surface area contributed by atoms with Gasteiger partial charge in [0.05, 0.1) is 18.7 Å². The van der Waals surface area contributed by atoms with E-state index >= 15 is 0 Å². The molecule has 0 radical (unpaired) electrons. The van der Waals surface area contributed by atoms with Gasteiger partial charge in [-0.15, -0.1) is 10.2 Å². The summed E-state index contributed by atoms with van der Waals surface area (Å²) in [5.41, 5.74) is 0.641. The summed E-state index contributed by atoms with van der Waals surface area (Å²) in [7, 11) is 0. The highest BCUT2D eigenvalue weighted by atomic mass is 16.5. The number of hydrogen-bond acceptors (Lipinski definition) is 4. The first kappa shape index (κ1) is 15.2. The minimum Gasteiger partial charge on any atom is -0.492 e. The summed E-state index contributed by atoms with van der Waals surface area (Å²) in [6, 6.07) is 7.54. The van der Waals surface area contributed by atoms with Gasteiger partial charge in [-0.1, -0.05) is 19.1 Å². The van der Waals surface area contributed by atoms with Gasteiger partial charge in [-0.3, -0.25) is 4.79 Å². The molecule has 0 bridgehead atoms. The number of para-hydroxylation sites is 1. The van der Waals surface area contributed by atoms with Gasteiger partial charge < -0.3 is 14.2 Å². The molecule has 0 atom stereocenters. The van der Waals surface area contributed by atoms with Crippen LogP contribution in [0, 0.1) is 5.92 Å². The van der Waals surface area contributed by atoms with E-state index in [1.165, 1.54) is 12.8 Å². The van der Waals surface area contributed by atoms with Crippen LogP contribution in [0.5, 0.6) is 5.75 Å². The molecule has 4 rings (SSSR count). The van der Waals surface area contributed by atoms with Crippen molar-refractivity contribution in [1.82, 2.24) is 19.7 Å². The second kappa shape index (κ2) is 6.26. The lowest BCUT2D eigenvalue weighted by Gasteiger charge is -2.28. The number of aromatic nitrogens is 3. The van der Waals surface area contributed by atoms with Crippen molar-refractivity contribution in [3.05, 3.63) is 41.5 Å². The van der Waals surface area contributed by atoms with Gasteiger partial charge in [0.25, 0.3) is 5.91 Å². The standard InChI is InChI=1S/C18H22N4O2/c1-2-16-19-20-17-11-21(9-10-22(16)17)18(23)14-5-3-4-6-15(14)24-12-13-7-8-13/h3-6,13H,2,7-12H2,1H3. The number of benzene rings is 1. The quantitative estimate of drug-likeness (QED) is 0.846. The Hall–Kier alpha value is -2.37. The molecule has 1 amide bonds. The Labute approximate surface area is 141 Å². The minimum absolute atomic E-state index is 0.00805. The van der Waals surface area contributed by atoms with Crippen molar-refractivity contribution in [2.24, 2.45) is 5.92 Å². The number of hydrogen-bond donors (Lipinski definition) is 0. The Morgan fingerprint density at radius 3 is 2.88 bits per heavy atom. The van der Waals surface area contributed by atoms with E-state index in [1.807, 2.05) is 29.2 Å². The van der Waals surface area contributed by atoms with Gasteiger partial charge in [0.2, 0.25) is 0 Å². The van der Waals surface area contributed by atoms with Crippen molar-refractivity contribution < 1.29 is 9.53 Å². The molecule has 1 fully saturated rings. The summed E-state index contributed by atoms with van der Waals surface area (Å²) >= 11 is 0. The molecule has 0 N–H and O–H groups in total. The average molecular weight is 326 g/mol. The van der Waals surface area contributed by atoms with Crippen LogP contribution in [0.4, 0.5) is 0 Å². The first-order valence-electron chi connectivity index (χ1n) is 8.68. The molecule has 1 saturated carbocycles. The molecule has 0 saturated heterocycles. The molecule has 126 valence electrons. The molecule has 6 nitrogen and oxygen atoms in total. The Balaban J connectivity index is 1.51. The van der Waals surface area contributed by atoms with Crippen LogP contribution < -0.4 is 4.74 Å². The molecule has 2 aliphatic rings. The van der Waals surface area contributed by atoms with Crippen LogP contribution in [0.2, 0.25) is 0 Å². The summed E-state index contributed by atoms with van der Waals surface area (Å²) in [5.74, 6) is 3.21. The highest BCUT2D eigenvalue weighted by Crippen LogP contribution is 2.30. The number of fused-ring (bicyclic) bond motifs is 1. The van der Waals surface area contributed by atoms with E-state index in [4.69, 9.17) is 4.74 Å². The van der Waals surface area contributed by atoms with E-state index in [9.17, 15) is 4.79 Å². The number of nitrogens with zero attached hydrogens (tertiary/aromatic N) is 4. The fourth-order valence-corrected chi connectivity index (χ4v) is 3.08. The van der Waals surface area contributed by atoms with Crippen molar-refractivity contribution in [3.8, 4) is 5.75 Å². The van der Waals surface area contributed by atoms with Crippen LogP contribution >= 0.6 is 0 Å². The summed E-state index contributed by atoms with van der Waals surface area (Å²) in [6.07, 6.45) is 3.33. The fourth-order valence-electron chi connectivity index (χ4n) is 3.08. The van der Waals surface area contributed by atoms with E-state index in [-0.39, 0.29) is 5.91 Å². The molecule has 1 aromatic heterocycles. The van der Waals surface area contributed by atoms with Crippen molar-refractivity contribution in [2.45, 2.75) is 39.3 Å². The normalized spacial score (nSPS) is 16.8. The fraction of sp³-hybridized carbons (Fsp3) is 0.500. The number of carbonyl (C=O) groups is 1. The number of aryl methyl sites for hydroxylation is 1. The van der Waals surface area contributed by atoms with E-state index < -0.39 is 0 Å². The smallest absolute Gasteiger partial charge is 0.258 e. The highest BCUT2D eigenvalue weighted by molar-refractivity contribution is 5.96. The lowest BCUT2D eigenvalue weighted by Crippen LogP contribution is -2.39. The van der Waals surface area contributed by atoms with Crippen molar-refractivity contribution in [2.75, 3.05) is 13.2 Å². The first-order valence-corrected chi connectivity index (χ1v) is 8.68. The first-order chi connectivity index (χ1) is 11.8. The number of carbonyl (C=O) groups excluding carboxylic acids is 1. The third kappa shape index (κ3) is 2.88. The second-order valence-electron chi connectivity index (χ2n) is 6.51. The Bertz CT molecular complexity index is 751. The monoisotopic (exact) mass is 326 g/mol. The number of amides is 1. The van der Waals surface area contributed by atoms with Crippen LogP contribution in [-0.2, 0) is 19.5 Å². The van der Waals surface area contributed by atoms with Crippen molar-refractivity contribution in [1.29, 1.82) is 0 Å². The molecular formula is C18H22N4O2. The molecule has 0 unspecified atom stereocenters. The average Bonchev–Trinajstić information content (AvgIpc) is 3.37. The Morgan fingerprint density at radius 2 is 2.08 bits per heavy atom. The molecular weight excluding hydrogens is 304 g/mol. The predicted molar refractivity (Wildman–Crippen MR) is 88.8 cm³/mol. The molecule has 24 heavy (non-hydrogen) atoms. The molecule has 0 spiro atoms. The van der Waals surface area contributed by atoms with Gasteiger partial charge in [-0.05, 0) is 30.9 Å². The number of ether oxygens (including phenoxy) is 1. The molecule has 1 aliphatic heterocycles. The lowest BCUT2D eigenvalue weighted by atomic mass is 10.1. The molecule has 2 heterocycles. The Kier molecular flexibility index (Phi) is 3.96. The van der Waals surface area contributed by atoms with Crippen LogP contribution in [0.1, 0.15) is 41.8 Å². The molecule has 2 aromatic rings. The maximum atomic E-state index is 13.0. The lowest BCUT2D eigenvalue weighted by molar-refractivity contribution is 0.0701. The summed E-state index contributed by atoms with van der Waals surface area (Å²) in [4.78, 5) is 14.8. The largest absolute Gasteiger partial charge is 0.492 e.